The first-order chi connectivity index (χ1) is 7.83. The summed E-state index contributed by atoms with van der Waals surface area (Å²) in [6, 6.07) is 5.80. The minimum atomic E-state index is -0.989. The monoisotopic (exact) mass is 506 g/mol. The summed E-state index contributed by atoms with van der Waals surface area (Å²) in [7, 11) is -3.96. The van der Waals surface area contributed by atoms with Crippen LogP contribution in [0.2, 0.25) is 76.6 Å². The van der Waals surface area contributed by atoms with E-state index in [1.165, 1.54) is 24.2 Å². The van der Waals surface area contributed by atoms with Crippen LogP contribution in [-0.4, -0.2) is 56.8 Å². The van der Waals surface area contributed by atoms with Gasteiger partial charge in [0.2, 0.25) is 0 Å². The number of hydrogen-bond acceptors (Lipinski definition) is 0. The summed E-state index contributed by atoms with van der Waals surface area (Å²) >= 11 is 0. The Hall–Kier alpha value is 2.17. The SMILES string of the molecule is C[Si]1(C)CC[Si](C)(C)[N-]1.C[Si]1(C)CC[Si](C)(C)[N-]1.[Cl-].[Cl-].[Sn+4]. The van der Waals surface area contributed by atoms with Crippen molar-refractivity contribution in [1.82, 2.24) is 0 Å². The molecule has 9 heteroatoms. The zero-order valence-corrected chi connectivity index (χ0v) is 23.3. The van der Waals surface area contributed by atoms with E-state index in [1.807, 2.05) is 0 Å². The van der Waals surface area contributed by atoms with Crippen LogP contribution in [-0.2, 0) is 0 Å². The molecule has 0 saturated carbocycles. The molecule has 0 amide bonds. The maximum absolute atomic E-state index is 4.93. The van der Waals surface area contributed by atoms with Crippen LogP contribution < -0.4 is 24.8 Å². The molecule has 0 N–H and O–H groups in total. The third-order valence-electron chi connectivity index (χ3n) is 3.91. The Morgan fingerprint density at radius 2 is 0.619 bits per heavy atom. The molecule has 2 nitrogen and oxygen atoms in total. The zero-order chi connectivity index (χ0) is 14.2. The second-order valence-corrected chi connectivity index (χ2v) is 26.8. The molecule has 21 heavy (non-hydrogen) atoms. The third-order valence-corrected chi connectivity index (χ3v) is 20.5. The molecule has 0 radical (unpaired) electrons. The maximum atomic E-state index is 4.93. The largest absolute Gasteiger partial charge is 4.00 e. The van der Waals surface area contributed by atoms with Gasteiger partial charge >= 0.3 is 23.9 Å². The van der Waals surface area contributed by atoms with Gasteiger partial charge < -0.3 is 34.1 Å². The molecule has 2 saturated heterocycles. The quantitative estimate of drug-likeness (QED) is 0.385. The van der Waals surface area contributed by atoms with Gasteiger partial charge in [-0.25, -0.2) is 0 Å². The van der Waals surface area contributed by atoms with E-state index in [4.69, 9.17) is 9.30 Å². The first-order valence-electron chi connectivity index (χ1n) is 7.31. The van der Waals surface area contributed by atoms with E-state index in [-0.39, 0.29) is 48.7 Å². The van der Waals surface area contributed by atoms with Crippen LogP contribution in [0.15, 0.2) is 0 Å². The van der Waals surface area contributed by atoms with E-state index in [0.717, 1.165) is 0 Å². The van der Waals surface area contributed by atoms with Gasteiger partial charge in [0.1, 0.15) is 0 Å². The predicted octanol–water partition coefficient (Wildman–Crippen LogP) is -0.805. The van der Waals surface area contributed by atoms with Crippen molar-refractivity contribution < 1.29 is 24.8 Å². The molecule has 0 spiro atoms. The fourth-order valence-electron chi connectivity index (χ4n) is 3.09. The van der Waals surface area contributed by atoms with E-state index < -0.39 is 32.9 Å². The maximum Gasteiger partial charge on any atom is 4.00 e. The van der Waals surface area contributed by atoms with Gasteiger partial charge in [-0.05, 0) is 0 Å². The fraction of sp³-hybridized carbons (Fsp3) is 1.00. The molecule has 0 aromatic heterocycles. The molecule has 0 aromatic rings. The van der Waals surface area contributed by atoms with Crippen molar-refractivity contribution in [2.75, 3.05) is 0 Å². The topological polar surface area (TPSA) is 28.2 Å². The van der Waals surface area contributed by atoms with Crippen molar-refractivity contribution in [2.24, 2.45) is 0 Å². The van der Waals surface area contributed by atoms with E-state index >= 15 is 0 Å². The van der Waals surface area contributed by atoms with Crippen LogP contribution in [0.25, 0.3) is 9.30 Å². The molecule has 124 valence electrons. The van der Waals surface area contributed by atoms with Crippen molar-refractivity contribution in [3.05, 3.63) is 9.30 Å². The van der Waals surface area contributed by atoms with Crippen LogP contribution >= 0.6 is 0 Å². The normalized spacial score (nSPS) is 26.3. The minimum Gasteiger partial charge on any atom is -1.00 e. The van der Waals surface area contributed by atoms with Gasteiger partial charge in [-0.1, -0.05) is 109 Å². The van der Waals surface area contributed by atoms with Crippen molar-refractivity contribution in [3.8, 4) is 0 Å². The molecule has 0 atom stereocenters. The van der Waals surface area contributed by atoms with Crippen molar-refractivity contribution in [3.63, 3.8) is 0 Å². The second-order valence-electron chi connectivity index (χ2n) is 8.47. The predicted molar refractivity (Wildman–Crippen MR) is 102 cm³/mol. The number of halogens is 2. The van der Waals surface area contributed by atoms with Crippen molar-refractivity contribution in [2.45, 2.75) is 76.6 Å². The fourth-order valence-corrected chi connectivity index (χ4v) is 27.8. The summed E-state index contributed by atoms with van der Waals surface area (Å²) in [5.41, 5.74) is 0. The van der Waals surface area contributed by atoms with Crippen LogP contribution in [0.1, 0.15) is 0 Å². The average Bonchev–Trinajstić information content (AvgIpc) is 2.48. The van der Waals surface area contributed by atoms with Gasteiger partial charge in [-0.15, -0.1) is 0 Å². The van der Waals surface area contributed by atoms with Gasteiger partial charge in [0.15, 0.2) is 0 Å². The molecule has 2 fully saturated rings. The van der Waals surface area contributed by atoms with Gasteiger partial charge in [0.05, 0.1) is 0 Å². The molecule has 2 rings (SSSR count). The van der Waals surface area contributed by atoms with Crippen LogP contribution in [0, 0.1) is 0 Å². The zero-order valence-electron chi connectivity index (χ0n) is 15.0. The van der Waals surface area contributed by atoms with Crippen molar-refractivity contribution in [1.29, 1.82) is 0 Å². The Morgan fingerprint density at radius 1 is 0.476 bits per heavy atom. The molecule has 2 aliphatic rings. The Balaban J connectivity index is -0.000000270. The summed E-state index contributed by atoms with van der Waals surface area (Å²) < 4.78 is 9.86. The van der Waals surface area contributed by atoms with E-state index in [9.17, 15) is 0 Å². The summed E-state index contributed by atoms with van der Waals surface area (Å²) in [6.07, 6.45) is 0. The van der Waals surface area contributed by atoms with E-state index in [0.29, 0.717) is 0 Å². The third kappa shape index (κ3) is 11.4. The van der Waals surface area contributed by atoms with Crippen LogP contribution in [0.4, 0.5) is 0 Å². The minimum absolute atomic E-state index is 0. The van der Waals surface area contributed by atoms with Crippen LogP contribution in [0.5, 0.6) is 0 Å². The molecule has 2 aliphatic heterocycles. The molecule has 0 bridgehead atoms. The number of hydrogen-bond donors (Lipinski definition) is 0. The van der Waals surface area contributed by atoms with Gasteiger partial charge in [0.25, 0.3) is 0 Å². The molecule has 0 aromatic carbocycles. The molecule has 0 unspecified atom stereocenters. The summed E-state index contributed by atoms with van der Waals surface area (Å²) in [4.78, 5) is 0. The first kappa shape index (κ1) is 28.0. The summed E-state index contributed by atoms with van der Waals surface area (Å²) in [5, 5.41) is 0. The van der Waals surface area contributed by atoms with E-state index in [2.05, 4.69) is 52.4 Å². The molecule has 0 aliphatic carbocycles. The number of rotatable bonds is 0. The number of nitrogens with zero attached hydrogens (tertiary/aromatic N) is 2. The van der Waals surface area contributed by atoms with Crippen LogP contribution in [0.3, 0.4) is 0 Å². The average molecular weight is 506 g/mol. The Bertz CT molecular complexity index is 258. The molecular formula is C12H32Cl2N2Si4Sn. The second kappa shape index (κ2) is 9.60. The van der Waals surface area contributed by atoms with Gasteiger partial charge in [0, 0.05) is 0 Å². The van der Waals surface area contributed by atoms with Crippen molar-refractivity contribution >= 4 is 56.8 Å². The van der Waals surface area contributed by atoms with Gasteiger partial charge in [-0.2, -0.15) is 0 Å². The Kier molecular flexibility index (Phi) is 12.8. The van der Waals surface area contributed by atoms with E-state index in [1.54, 1.807) is 0 Å². The summed E-state index contributed by atoms with van der Waals surface area (Å²) in [6.45, 7) is 19.1. The molecular weight excluding hydrogens is 474 g/mol. The first-order valence-corrected chi connectivity index (χ1v) is 19.9. The Labute approximate surface area is 166 Å². The standard InChI is InChI=1S/2C6H16NSi2.2ClH.Sn/c2*1-8(2)5-6-9(3,4)7-8;;;/h2*5-6H2,1-4H3;2*1H;/q2*-1;;;+4/p-2. The Morgan fingerprint density at radius 3 is 0.667 bits per heavy atom. The molecule has 2 heterocycles. The smallest absolute Gasteiger partial charge is 1.00 e. The van der Waals surface area contributed by atoms with Gasteiger partial charge in [-0.3, -0.25) is 0 Å². The summed E-state index contributed by atoms with van der Waals surface area (Å²) in [5.74, 6) is 0.